The summed E-state index contributed by atoms with van der Waals surface area (Å²) in [5, 5.41) is 4.39. The van der Waals surface area contributed by atoms with Crippen LogP contribution in [0.2, 0.25) is 0 Å². The Hall–Kier alpha value is -2.37. The van der Waals surface area contributed by atoms with Gasteiger partial charge in [-0.1, -0.05) is 0 Å². The molecule has 3 rings (SSSR count). The number of anilines is 1. The second-order valence-electron chi connectivity index (χ2n) is 7.20. The first kappa shape index (κ1) is 17.5. The molecule has 1 aliphatic heterocycles. The van der Waals surface area contributed by atoms with E-state index in [1.807, 2.05) is 45.8 Å². The predicted molar refractivity (Wildman–Crippen MR) is 98.9 cm³/mol. The molecular weight excluding hydrogens is 314 g/mol. The number of aryl methyl sites for hydroxylation is 3. The van der Waals surface area contributed by atoms with Crippen molar-refractivity contribution in [3.63, 3.8) is 0 Å². The maximum atomic E-state index is 12.6. The highest BCUT2D eigenvalue weighted by atomic mass is 16.2. The van der Waals surface area contributed by atoms with Crippen molar-refractivity contribution in [2.45, 2.75) is 39.7 Å². The number of rotatable bonds is 4. The van der Waals surface area contributed by atoms with Crippen LogP contribution >= 0.6 is 0 Å². The van der Waals surface area contributed by atoms with Gasteiger partial charge in [-0.2, -0.15) is 5.10 Å². The standard InChI is InChI=1S/C19H27N5O/c1-13-9-17(22(4)5)10-18(20-13)16-6-7-23(11-16)19(25)12-24-15(3)8-14(2)21-24/h8-10,16H,6-7,11-12H2,1-5H3. The molecule has 1 fully saturated rings. The molecule has 1 atom stereocenters. The summed E-state index contributed by atoms with van der Waals surface area (Å²) in [6.07, 6.45) is 0.964. The molecule has 134 valence electrons. The zero-order chi connectivity index (χ0) is 18.1. The largest absolute Gasteiger partial charge is 0.378 e. The number of hydrogen-bond donors (Lipinski definition) is 0. The average molecular weight is 341 g/mol. The van der Waals surface area contributed by atoms with Crippen molar-refractivity contribution in [1.82, 2.24) is 19.7 Å². The number of carbonyl (C=O) groups excluding carboxylic acids is 1. The SMILES string of the molecule is Cc1cc(N(C)C)cc(C2CCN(C(=O)Cn3nc(C)cc3C)C2)n1. The highest BCUT2D eigenvalue weighted by Crippen LogP contribution is 2.28. The van der Waals surface area contributed by atoms with E-state index in [-0.39, 0.29) is 5.91 Å². The van der Waals surface area contributed by atoms with Gasteiger partial charge in [-0.05, 0) is 45.4 Å². The average Bonchev–Trinajstić information content (AvgIpc) is 3.14. The topological polar surface area (TPSA) is 54.3 Å². The first-order valence-corrected chi connectivity index (χ1v) is 8.78. The Balaban J connectivity index is 1.69. The minimum Gasteiger partial charge on any atom is -0.378 e. The normalized spacial score (nSPS) is 17.2. The number of carbonyl (C=O) groups is 1. The molecule has 0 radical (unpaired) electrons. The fraction of sp³-hybridized carbons (Fsp3) is 0.526. The highest BCUT2D eigenvalue weighted by Gasteiger charge is 2.29. The number of hydrogen-bond acceptors (Lipinski definition) is 4. The Morgan fingerprint density at radius 2 is 1.96 bits per heavy atom. The summed E-state index contributed by atoms with van der Waals surface area (Å²) in [5.74, 6) is 0.442. The summed E-state index contributed by atoms with van der Waals surface area (Å²) in [6.45, 7) is 7.80. The van der Waals surface area contributed by atoms with Gasteiger partial charge in [0.2, 0.25) is 5.91 Å². The first-order valence-electron chi connectivity index (χ1n) is 8.78. The van der Waals surface area contributed by atoms with Gasteiger partial charge in [-0.25, -0.2) is 0 Å². The van der Waals surface area contributed by atoms with E-state index in [0.29, 0.717) is 12.5 Å². The second-order valence-corrected chi connectivity index (χ2v) is 7.20. The lowest BCUT2D eigenvalue weighted by Gasteiger charge is -2.19. The lowest BCUT2D eigenvalue weighted by atomic mass is 10.0. The summed E-state index contributed by atoms with van der Waals surface area (Å²) < 4.78 is 1.79. The smallest absolute Gasteiger partial charge is 0.244 e. The number of pyridine rings is 1. The molecule has 0 bridgehead atoms. The molecule has 0 saturated carbocycles. The van der Waals surface area contributed by atoms with E-state index in [4.69, 9.17) is 4.98 Å². The van der Waals surface area contributed by atoms with Crippen LogP contribution in [-0.2, 0) is 11.3 Å². The fourth-order valence-electron chi connectivity index (χ4n) is 3.43. The van der Waals surface area contributed by atoms with Crippen molar-refractivity contribution in [1.29, 1.82) is 0 Å². The molecule has 3 heterocycles. The number of aromatic nitrogens is 3. The molecule has 25 heavy (non-hydrogen) atoms. The third kappa shape index (κ3) is 3.83. The maximum Gasteiger partial charge on any atom is 0.244 e. The van der Waals surface area contributed by atoms with Crippen LogP contribution in [-0.4, -0.2) is 52.8 Å². The maximum absolute atomic E-state index is 12.6. The Morgan fingerprint density at radius 3 is 2.60 bits per heavy atom. The van der Waals surface area contributed by atoms with Gasteiger partial charge in [0.15, 0.2) is 0 Å². The van der Waals surface area contributed by atoms with E-state index >= 15 is 0 Å². The Morgan fingerprint density at radius 1 is 1.20 bits per heavy atom. The van der Waals surface area contributed by atoms with Crippen LogP contribution in [0, 0.1) is 20.8 Å². The van der Waals surface area contributed by atoms with Gasteiger partial charge in [0.25, 0.3) is 0 Å². The van der Waals surface area contributed by atoms with Crippen LogP contribution in [0.4, 0.5) is 5.69 Å². The summed E-state index contributed by atoms with van der Waals surface area (Å²) in [7, 11) is 4.08. The third-order valence-corrected chi connectivity index (χ3v) is 4.82. The van der Waals surface area contributed by atoms with Gasteiger partial charge in [0.05, 0.1) is 5.69 Å². The molecule has 6 heteroatoms. The molecule has 2 aromatic rings. The molecule has 6 nitrogen and oxygen atoms in total. The van der Waals surface area contributed by atoms with E-state index in [1.54, 1.807) is 4.68 Å². The van der Waals surface area contributed by atoms with Crippen LogP contribution in [0.1, 0.15) is 35.1 Å². The molecule has 1 aliphatic rings. The molecule has 0 spiro atoms. The van der Waals surface area contributed by atoms with Crippen LogP contribution in [0.3, 0.4) is 0 Å². The van der Waals surface area contributed by atoms with Crippen LogP contribution in [0.5, 0.6) is 0 Å². The monoisotopic (exact) mass is 341 g/mol. The zero-order valence-electron chi connectivity index (χ0n) is 15.8. The fourth-order valence-corrected chi connectivity index (χ4v) is 3.43. The minimum absolute atomic E-state index is 0.134. The van der Waals surface area contributed by atoms with Crippen LogP contribution in [0.15, 0.2) is 18.2 Å². The predicted octanol–water partition coefficient (Wildman–Crippen LogP) is 2.29. The molecule has 1 saturated heterocycles. The molecule has 1 amide bonds. The van der Waals surface area contributed by atoms with Crippen molar-refractivity contribution in [3.05, 3.63) is 41.0 Å². The highest BCUT2D eigenvalue weighted by molar-refractivity contribution is 5.76. The minimum atomic E-state index is 0.134. The number of likely N-dealkylation sites (tertiary alicyclic amines) is 1. The lowest BCUT2D eigenvalue weighted by Crippen LogP contribution is -2.32. The quantitative estimate of drug-likeness (QED) is 0.856. The van der Waals surface area contributed by atoms with Crippen LogP contribution < -0.4 is 4.90 Å². The summed E-state index contributed by atoms with van der Waals surface area (Å²) in [4.78, 5) is 21.4. The second kappa shape index (κ2) is 6.86. The zero-order valence-corrected chi connectivity index (χ0v) is 15.8. The van der Waals surface area contributed by atoms with E-state index in [9.17, 15) is 4.79 Å². The molecular formula is C19H27N5O. The first-order chi connectivity index (χ1) is 11.8. The van der Waals surface area contributed by atoms with Gasteiger partial charge in [0.1, 0.15) is 6.54 Å². The van der Waals surface area contributed by atoms with Crippen molar-refractivity contribution in [3.8, 4) is 0 Å². The van der Waals surface area contributed by atoms with Crippen LogP contribution in [0.25, 0.3) is 0 Å². The van der Waals surface area contributed by atoms with E-state index < -0.39 is 0 Å². The van der Waals surface area contributed by atoms with Gasteiger partial charge in [0, 0.05) is 55.9 Å². The molecule has 0 aromatic carbocycles. The summed E-state index contributed by atoms with van der Waals surface area (Å²) in [5.41, 5.74) is 5.25. The van der Waals surface area contributed by atoms with Crippen molar-refractivity contribution < 1.29 is 4.79 Å². The summed E-state index contributed by atoms with van der Waals surface area (Å²) in [6, 6.07) is 6.23. The molecule has 0 aliphatic carbocycles. The van der Waals surface area contributed by atoms with Gasteiger partial charge >= 0.3 is 0 Å². The van der Waals surface area contributed by atoms with E-state index in [1.165, 1.54) is 0 Å². The van der Waals surface area contributed by atoms with Crippen molar-refractivity contribution >= 4 is 11.6 Å². The Kier molecular flexibility index (Phi) is 4.79. The Labute approximate surface area is 149 Å². The van der Waals surface area contributed by atoms with Gasteiger partial charge in [-0.15, -0.1) is 0 Å². The Bertz CT molecular complexity index is 780. The van der Waals surface area contributed by atoms with Crippen molar-refractivity contribution in [2.24, 2.45) is 0 Å². The lowest BCUT2D eigenvalue weighted by molar-refractivity contribution is -0.131. The molecule has 1 unspecified atom stereocenters. The number of nitrogens with zero attached hydrogens (tertiary/aromatic N) is 5. The summed E-state index contributed by atoms with van der Waals surface area (Å²) >= 11 is 0. The number of amides is 1. The van der Waals surface area contributed by atoms with Gasteiger partial charge < -0.3 is 9.80 Å². The molecule has 2 aromatic heterocycles. The van der Waals surface area contributed by atoms with Crippen molar-refractivity contribution in [2.75, 3.05) is 32.1 Å². The molecule has 0 N–H and O–H groups in total. The van der Waals surface area contributed by atoms with Gasteiger partial charge in [-0.3, -0.25) is 14.5 Å². The van der Waals surface area contributed by atoms with E-state index in [2.05, 4.69) is 22.1 Å². The van der Waals surface area contributed by atoms with E-state index in [0.717, 1.165) is 48.0 Å². The third-order valence-electron chi connectivity index (χ3n) is 4.82.